The van der Waals surface area contributed by atoms with Gasteiger partial charge in [0.15, 0.2) is 6.29 Å². The van der Waals surface area contributed by atoms with E-state index in [0.717, 1.165) is 22.2 Å². The summed E-state index contributed by atoms with van der Waals surface area (Å²) < 4.78 is 16.9. The number of hydrogen-bond acceptors (Lipinski definition) is 9. The Morgan fingerprint density at radius 2 is 1.33 bits per heavy atom. The van der Waals surface area contributed by atoms with Crippen LogP contribution in [0, 0.1) is 6.92 Å². The van der Waals surface area contributed by atoms with E-state index in [9.17, 15) is 4.79 Å². The molecule has 0 aliphatic rings. The van der Waals surface area contributed by atoms with E-state index < -0.39 is 14.8 Å². The zero-order chi connectivity index (χ0) is 18.8. The van der Waals surface area contributed by atoms with Crippen LogP contribution in [0.2, 0.25) is 0 Å². The van der Waals surface area contributed by atoms with E-state index in [2.05, 4.69) is 29.9 Å². The SMILES string of the molecule is C.Cc1cnc2ccncc2n1.O=Cc1cnc2ccncc2n1.O=[Se]=O. The van der Waals surface area contributed by atoms with Crippen LogP contribution in [0.4, 0.5) is 0 Å². The zero-order valence-corrected chi connectivity index (χ0v) is 15.2. The summed E-state index contributed by atoms with van der Waals surface area (Å²) in [5.41, 5.74) is 4.39. The molecule has 9 nitrogen and oxygen atoms in total. The van der Waals surface area contributed by atoms with E-state index in [1.165, 1.54) is 6.20 Å². The normalized spacial score (nSPS) is 9.07. The van der Waals surface area contributed by atoms with Gasteiger partial charge in [-0.2, -0.15) is 0 Å². The molecular formula is C17H16N6O3Se. The fraction of sp³-hybridized carbons (Fsp3) is 0.118. The molecule has 0 aromatic carbocycles. The van der Waals surface area contributed by atoms with Gasteiger partial charge in [-0.1, -0.05) is 7.43 Å². The van der Waals surface area contributed by atoms with Gasteiger partial charge in [0.05, 0.1) is 35.3 Å². The van der Waals surface area contributed by atoms with Gasteiger partial charge in [0.2, 0.25) is 0 Å². The first-order valence-electron chi connectivity index (χ1n) is 7.15. The summed E-state index contributed by atoms with van der Waals surface area (Å²) in [6, 6.07) is 3.60. The molecule has 0 amide bonds. The third-order valence-electron chi connectivity index (χ3n) is 2.95. The van der Waals surface area contributed by atoms with Crippen LogP contribution >= 0.6 is 0 Å². The van der Waals surface area contributed by atoms with Crippen molar-refractivity contribution in [2.75, 3.05) is 0 Å². The van der Waals surface area contributed by atoms with Crippen LogP contribution in [0.3, 0.4) is 0 Å². The molecule has 0 radical (unpaired) electrons. The van der Waals surface area contributed by atoms with Crippen LogP contribution in [0.15, 0.2) is 49.3 Å². The molecule has 0 saturated heterocycles. The van der Waals surface area contributed by atoms with Gasteiger partial charge in [-0.15, -0.1) is 0 Å². The van der Waals surface area contributed by atoms with Crippen molar-refractivity contribution in [1.82, 2.24) is 29.9 Å². The summed E-state index contributed by atoms with van der Waals surface area (Å²) in [6.07, 6.45) is 10.5. The van der Waals surface area contributed by atoms with Gasteiger partial charge in [0.1, 0.15) is 16.7 Å². The molecule has 0 saturated carbocycles. The van der Waals surface area contributed by atoms with Gasteiger partial charge in [-0.3, -0.25) is 24.7 Å². The van der Waals surface area contributed by atoms with Crippen LogP contribution < -0.4 is 0 Å². The second-order valence-corrected chi connectivity index (χ2v) is 5.01. The number of rotatable bonds is 1. The van der Waals surface area contributed by atoms with E-state index in [0.29, 0.717) is 17.5 Å². The average molecular weight is 431 g/mol. The Morgan fingerprint density at radius 3 is 1.89 bits per heavy atom. The minimum atomic E-state index is -1.62. The van der Waals surface area contributed by atoms with Crippen LogP contribution in [-0.4, -0.2) is 51.0 Å². The second kappa shape index (κ2) is 11.4. The zero-order valence-electron chi connectivity index (χ0n) is 13.5. The first kappa shape index (κ1) is 21.8. The second-order valence-electron chi connectivity index (χ2n) is 4.72. The Kier molecular flexibility index (Phi) is 9.21. The number of pyridine rings is 2. The molecule has 0 N–H and O–H groups in total. The molecule has 0 aliphatic carbocycles. The third-order valence-corrected chi connectivity index (χ3v) is 2.95. The number of carbonyl (C=O) groups is 1. The Labute approximate surface area is 160 Å². The topological polar surface area (TPSA) is 129 Å². The summed E-state index contributed by atoms with van der Waals surface area (Å²) in [7, 11) is 0. The van der Waals surface area contributed by atoms with Crippen LogP contribution in [0.25, 0.3) is 22.1 Å². The van der Waals surface area contributed by atoms with E-state index in [4.69, 9.17) is 7.67 Å². The molecule has 27 heavy (non-hydrogen) atoms. The van der Waals surface area contributed by atoms with E-state index in [1.54, 1.807) is 37.1 Å². The Balaban J connectivity index is 0.000000229. The first-order chi connectivity index (χ1) is 12.7. The van der Waals surface area contributed by atoms with Crippen molar-refractivity contribution in [1.29, 1.82) is 0 Å². The quantitative estimate of drug-likeness (QED) is 0.329. The van der Waals surface area contributed by atoms with Gasteiger partial charge < -0.3 is 0 Å². The molecule has 0 spiro atoms. The fourth-order valence-corrected chi connectivity index (χ4v) is 1.89. The van der Waals surface area contributed by atoms with E-state index in [-0.39, 0.29) is 7.43 Å². The number of hydrogen-bond donors (Lipinski definition) is 0. The van der Waals surface area contributed by atoms with Crippen molar-refractivity contribution in [3.05, 3.63) is 60.7 Å². The number of aldehydes is 1. The molecule has 0 fully saturated rings. The predicted molar refractivity (Wildman–Crippen MR) is 98.6 cm³/mol. The summed E-state index contributed by atoms with van der Waals surface area (Å²) >= 11 is -1.62. The van der Waals surface area contributed by atoms with Gasteiger partial charge in [-0.25, -0.2) is 9.97 Å². The van der Waals surface area contributed by atoms with Crippen molar-refractivity contribution >= 4 is 43.2 Å². The molecule has 4 heterocycles. The number of fused-ring (bicyclic) bond motifs is 2. The summed E-state index contributed by atoms with van der Waals surface area (Å²) in [6.45, 7) is 1.92. The molecular weight excluding hydrogens is 415 g/mol. The van der Waals surface area contributed by atoms with Gasteiger partial charge >= 0.3 is 22.5 Å². The Hall–Kier alpha value is -3.23. The van der Waals surface area contributed by atoms with Gasteiger partial charge in [0.25, 0.3) is 0 Å². The van der Waals surface area contributed by atoms with E-state index >= 15 is 0 Å². The predicted octanol–water partition coefficient (Wildman–Crippen LogP) is 2.19. The summed E-state index contributed by atoms with van der Waals surface area (Å²) in [5.74, 6) is 0. The van der Waals surface area contributed by atoms with Crippen LogP contribution in [-0.2, 0) is 7.67 Å². The molecule has 138 valence electrons. The maximum atomic E-state index is 10.3. The molecule has 4 rings (SSSR count). The average Bonchev–Trinajstić information content (AvgIpc) is 2.68. The molecule has 4 aromatic rings. The van der Waals surface area contributed by atoms with Crippen LogP contribution in [0.1, 0.15) is 23.6 Å². The third kappa shape index (κ3) is 6.53. The van der Waals surface area contributed by atoms with Crippen molar-refractivity contribution in [2.24, 2.45) is 0 Å². The molecule has 0 aliphatic heterocycles. The summed E-state index contributed by atoms with van der Waals surface area (Å²) in [4.78, 5) is 34.6. The number of carbonyl (C=O) groups excluding carboxylic acids is 1. The first-order valence-corrected chi connectivity index (χ1v) is 8.55. The minimum absolute atomic E-state index is 0. The van der Waals surface area contributed by atoms with E-state index in [1.807, 2.05) is 13.0 Å². The maximum absolute atomic E-state index is 10.3. The van der Waals surface area contributed by atoms with Gasteiger partial charge in [-0.05, 0) is 19.1 Å². The molecule has 10 heteroatoms. The van der Waals surface area contributed by atoms with Gasteiger partial charge in [0, 0.05) is 18.6 Å². The van der Waals surface area contributed by atoms with Crippen LogP contribution in [0.5, 0.6) is 0 Å². The standard InChI is InChI=1S/C8H5N3O.C8H7N3.CH4.O2Se/c12-5-6-3-10-7-1-2-9-4-8(7)11-6;1-6-4-10-7-2-3-9-5-8(7)11-6;;1-3-2/h1-5H;2-5H,1H3;1H4;. The monoisotopic (exact) mass is 432 g/mol. The Bertz CT molecular complexity index is 1070. The van der Waals surface area contributed by atoms with Crippen molar-refractivity contribution in [3.8, 4) is 0 Å². The number of aromatic nitrogens is 6. The molecule has 0 atom stereocenters. The van der Waals surface area contributed by atoms with Crippen molar-refractivity contribution < 1.29 is 12.5 Å². The number of nitrogens with zero attached hydrogens (tertiary/aromatic N) is 6. The molecule has 4 aromatic heterocycles. The molecule has 0 bridgehead atoms. The Morgan fingerprint density at radius 1 is 0.815 bits per heavy atom. The van der Waals surface area contributed by atoms with Crippen molar-refractivity contribution in [2.45, 2.75) is 14.4 Å². The van der Waals surface area contributed by atoms with Crippen molar-refractivity contribution in [3.63, 3.8) is 0 Å². The summed E-state index contributed by atoms with van der Waals surface area (Å²) in [5, 5.41) is 0. The molecule has 0 unspecified atom stereocenters. The fourth-order valence-electron chi connectivity index (χ4n) is 1.89. The number of aryl methyl sites for hydroxylation is 1.